The lowest BCUT2D eigenvalue weighted by Crippen LogP contribution is -2.36. The minimum atomic E-state index is -3.78. The second kappa shape index (κ2) is 7.10. The highest BCUT2D eigenvalue weighted by atomic mass is 32.2. The van der Waals surface area contributed by atoms with Crippen LogP contribution in [-0.2, 0) is 15.8 Å². The Morgan fingerprint density at radius 2 is 2.00 bits per heavy atom. The van der Waals surface area contributed by atoms with Crippen LogP contribution in [0.5, 0.6) is 0 Å². The molecule has 0 aromatic heterocycles. The second-order valence-electron chi connectivity index (χ2n) is 4.80. The molecule has 114 valence electrons. The Labute approximate surface area is 117 Å². The van der Waals surface area contributed by atoms with Crippen molar-refractivity contribution in [1.29, 1.82) is 0 Å². The van der Waals surface area contributed by atoms with Crippen molar-refractivity contribution in [1.82, 2.24) is 4.72 Å². The van der Waals surface area contributed by atoms with Crippen LogP contribution in [0.25, 0.3) is 0 Å². The van der Waals surface area contributed by atoms with Crippen LogP contribution in [0, 0.1) is 17.6 Å². The summed E-state index contributed by atoms with van der Waals surface area (Å²) in [7, 11) is -3.78. The van der Waals surface area contributed by atoms with E-state index >= 15 is 0 Å². The summed E-state index contributed by atoms with van der Waals surface area (Å²) in [6.07, 6.45) is -0.0806. The molecule has 0 heterocycles. The Bertz CT molecular complexity index is 549. The van der Waals surface area contributed by atoms with Crippen LogP contribution >= 0.6 is 0 Å². The molecule has 0 unspecified atom stereocenters. The molecule has 2 atom stereocenters. The zero-order chi connectivity index (χ0) is 15.3. The van der Waals surface area contributed by atoms with Crippen molar-refractivity contribution in [2.24, 2.45) is 5.92 Å². The zero-order valence-corrected chi connectivity index (χ0v) is 12.3. The van der Waals surface area contributed by atoms with Crippen LogP contribution in [0.1, 0.15) is 25.8 Å². The summed E-state index contributed by atoms with van der Waals surface area (Å²) in [6, 6.07) is 2.73. The minimum absolute atomic E-state index is 0.0414. The first-order valence-electron chi connectivity index (χ1n) is 6.34. The molecule has 4 nitrogen and oxygen atoms in total. The summed E-state index contributed by atoms with van der Waals surface area (Å²) < 4.78 is 51.9. The van der Waals surface area contributed by atoms with Crippen molar-refractivity contribution < 1.29 is 22.3 Å². The molecule has 0 bridgehead atoms. The van der Waals surface area contributed by atoms with Crippen molar-refractivity contribution in [3.8, 4) is 0 Å². The molecule has 20 heavy (non-hydrogen) atoms. The molecule has 1 rings (SSSR count). The van der Waals surface area contributed by atoms with Gasteiger partial charge in [0.1, 0.15) is 11.6 Å². The van der Waals surface area contributed by atoms with Crippen LogP contribution in [0.3, 0.4) is 0 Å². The molecular weight excluding hydrogens is 288 g/mol. The third-order valence-electron chi connectivity index (χ3n) is 3.17. The van der Waals surface area contributed by atoms with E-state index in [-0.39, 0.29) is 18.0 Å². The maximum atomic E-state index is 13.4. The van der Waals surface area contributed by atoms with Gasteiger partial charge >= 0.3 is 0 Å². The van der Waals surface area contributed by atoms with E-state index in [0.29, 0.717) is 6.07 Å². The smallest absolute Gasteiger partial charge is 0.215 e. The lowest BCUT2D eigenvalue weighted by molar-refractivity contribution is 0.118. The lowest BCUT2D eigenvalue weighted by atomic mass is 10.0. The van der Waals surface area contributed by atoms with Gasteiger partial charge < -0.3 is 5.11 Å². The first-order chi connectivity index (χ1) is 9.25. The van der Waals surface area contributed by atoms with E-state index in [9.17, 15) is 22.3 Å². The topological polar surface area (TPSA) is 66.4 Å². The molecule has 1 aromatic carbocycles. The van der Waals surface area contributed by atoms with Crippen molar-refractivity contribution in [3.05, 3.63) is 35.4 Å². The minimum Gasteiger partial charge on any atom is -0.391 e. The van der Waals surface area contributed by atoms with Gasteiger partial charge in [0.15, 0.2) is 0 Å². The Morgan fingerprint density at radius 1 is 1.35 bits per heavy atom. The maximum Gasteiger partial charge on any atom is 0.215 e. The van der Waals surface area contributed by atoms with E-state index in [1.165, 1.54) is 0 Å². The number of hydrogen-bond donors (Lipinski definition) is 2. The molecule has 0 aliphatic heterocycles. The number of sulfonamides is 1. The number of aliphatic hydroxyl groups is 1. The molecule has 0 amide bonds. The summed E-state index contributed by atoms with van der Waals surface area (Å²) in [5.41, 5.74) is -0.114. The molecule has 0 saturated heterocycles. The van der Waals surface area contributed by atoms with Gasteiger partial charge in [-0.2, -0.15) is 0 Å². The number of benzene rings is 1. The van der Waals surface area contributed by atoms with Crippen molar-refractivity contribution in [2.75, 3.05) is 6.54 Å². The zero-order valence-electron chi connectivity index (χ0n) is 11.4. The number of hydrogen-bond acceptors (Lipinski definition) is 3. The van der Waals surface area contributed by atoms with Gasteiger partial charge in [-0.05, 0) is 12.0 Å². The molecule has 0 aliphatic carbocycles. The monoisotopic (exact) mass is 307 g/mol. The van der Waals surface area contributed by atoms with Crippen molar-refractivity contribution in [2.45, 2.75) is 32.1 Å². The fourth-order valence-corrected chi connectivity index (χ4v) is 2.75. The molecule has 1 aromatic rings. The predicted octanol–water partition coefficient (Wildman–Crippen LogP) is 1.79. The summed E-state index contributed by atoms with van der Waals surface area (Å²) in [4.78, 5) is 0. The maximum absolute atomic E-state index is 13.4. The SMILES string of the molecule is CC[C@@H](C)[C@H](O)CNS(=O)(=O)Cc1ccc(F)cc1F. The van der Waals surface area contributed by atoms with Gasteiger partial charge in [0.2, 0.25) is 10.0 Å². The molecule has 7 heteroatoms. The van der Waals surface area contributed by atoms with E-state index in [0.717, 1.165) is 18.6 Å². The molecular formula is C13H19F2NO3S. The normalized spacial score (nSPS) is 15.1. The molecule has 2 N–H and O–H groups in total. The first kappa shape index (κ1) is 17.0. The van der Waals surface area contributed by atoms with Gasteiger partial charge in [0, 0.05) is 18.2 Å². The quantitative estimate of drug-likeness (QED) is 0.807. The summed E-state index contributed by atoms with van der Waals surface area (Å²) in [6.45, 7) is 3.56. The highest BCUT2D eigenvalue weighted by molar-refractivity contribution is 7.88. The van der Waals surface area contributed by atoms with Gasteiger partial charge in [-0.1, -0.05) is 26.3 Å². The van der Waals surface area contributed by atoms with Crippen LogP contribution < -0.4 is 4.72 Å². The average molecular weight is 307 g/mol. The second-order valence-corrected chi connectivity index (χ2v) is 6.60. The molecule has 0 aliphatic rings. The highest BCUT2D eigenvalue weighted by Crippen LogP contribution is 2.13. The first-order valence-corrected chi connectivity index (χ1v) is 7.99. The number of rotatable bonds is 7. The van der Waals surface area contributed by atoms with E-state index in [1.54, 1.807) is 6.92 Å². The number of aliphatic hydroxyl groups excluding tert-OH is 1. The number of nitrogens with one attached hydrogen (secondary N) is 1. The van der Waals surface area contributed by atoms with Crippen molar-refractivity contribution >= 4 is 10.0 Å². The van der Waals surface area contributed by atoms with Gasteiger partial charge in [-0.25, -0.2) is 21.9 Å². The van der Waals surface area contributed by atoms with Crippen LogP contribution in [0.15, 0.2) is 18.2 Å². The van der Waals surface area contributed by atoms with E-state index in [2.05, 4.69) is 4.72 Å². The molecule has 0 radical (unpaired) electrons. The third-order valence-corrected chi connectivity index (χ3v) is 4.47. The van der Waals surface area contributed by atoms with Gasteiger partial charge in [-0.3, -0.25) is 0 Å². The molecule has 0 spiro atoms. The molecule has 0 saturated carbocycles. The van der Waals surface area contributed by atoms with E-state index in [4.69, 9.17) is 0 Å². The average Bonchev–Trinajstić information content (AvgIpc) is 2.38. The Hall–Kier alpha value is -1.05. The van der Waals surface area contributed by atoms with Gasteiger partial charge in [-0.15, -0.1) is 0 Å². The van der Waals surface area contributed by atoms with Gasteiger partial charge in [0.05, 0.1) is 11.9 Å². The summed E-state index contributed by atoms with van der Waals surface area (Å²) >= 11 is 0. The number of halogens is 2. The Kier molecular flexibility index (Phi) is 6.04. The van der Waals surface area contributed by atoms with E-state index < -0.39 is 33.5 Å². The highest BCUT2D eigenvalue weighted by Gasteiger charge is 2.18. The van der Waals surface area contributed by atoms with Crippen LogP contribution in [0.2, 0.25) is 0 Å². The van der Waals surface area contributed by atoms with Crippen LogP contribution in [-0.4, -0.2) is 26.2 Å². The Balaban J connectivity index is 2.66. The van der Waals surface area contributed by atoms with Crippen LogP contribution in [0.4, 0.5) is 8.78 Å². The standard InChI is InChI=1S/C13H19F2NO3S/c1-3-9(2)13(17)7-16-20(18,19)8-10-4-5-11(14)6-12(10)15/h4-6,9,13,16-17H,3,7-8H2,1-2H3/t9-,13-/m1/s1. The lowest BCUT2D eigenvalue weighted by Gasteiger charge is -2.17. The van der Waals surface area contributed by atoms with E-state index in [1.807, 2.05) is 6.92 Å². The van der Waals surface area contributed by atoms with Crippen molar-refractivity contribution in [3.63, 3.8) is 0 Å². The predicted molar refractivity (Wildman–Crippen MR) is 72.4 cm³/mol. The third kappa shape index (κ3) is 5.15. The summed E-state index contributed by atoms with van der Waals surface area (Å²) in [5.74, 6) is -2.30. The fraction of sp³-hybridized carbons (Fsp3) is 0.538. The summed E-state index contributed by atoms with van der Waals surface area (Å²) in [5, 5.41) is 9.69. The van der Waals surface area contributed by atoms with Gasteiger partial charge in [0.25, 0.3) is 0 Å². The fourth-order valence-electron chi connectivity index (χ4n) is 1.58. The Morgan fingerprint density at radius 3 is 2.55 bits per heavy atom. The largest absolute Gasteiger partial charge is 0.391 e. The molecule has 0 fully saturated rings.